The van der Waals surface area contributed by atoms with Crippen LogP contribution in [0, 0.1) is 0 Å². The summed E-state index contributed by atoms with van der Waals surface area (Å²) in [4.78, 5) is 17.0. The quantitative estimate of drug-likeness (QED) is 0.770. The van der Waals surface area contributed by atoms with Gasteiger partial charge < -0.3 is 20.4 Å². The molecule has 144 valence electrons. The molecule has 2 aromatic rings. The number of carbonyl (C=O) groups excluding carboxylic acids is 1. The molecular formula is C20H24Cl2N4O. The number of urea groups is 1. The number of benzene rings is 2. The second-order valence-corrected chi connectivity index (χ2v) is 7.66. The van der Waals surface area contributed by atoms with E-state index in [0.717, 1.165) is 25.9 Å². The number of para-hydroxylation sites is 1. The fraction of sp³-hybridized carbons (Fsp3) is 0.350. The van der Waals surface area contributed by atoms with Crippen LogP contribution in [-0.4, -0.2) is 44.3 Å². The number of halogens is 2. The van der Waals surface area contributed by atoms with Crippen molar-refractivity contribution in [3.63, 3.8) is 0 Å². The highest BCUT2D eigenvalue weighted by Gasteiger charge is 2.27. The van der Waals surface area contributed by atoms with Gasteiger partial charge in [-0.3, -0.25) is 0 Å². The van der Waals surface area contributed by atoms with Crippen LogP contribution in [0.4, 0.5) is 16.2 Å². The topological polar surface area (TPSA) is 47.6 Å². The molecule has 0 saturated heterocycles. The Morgan fingerprint density at radius 3 is 2.74 bits per heavy atom. The molecular weight excluding hydrogens is 383 g/mol. The Labute approximate surface area is 170 Å². The van der Waals surface area contributed by atoms with Crippen LogP contribution >= 0.6 is 23.2 Å². The molecule has 5 nitrogen and oxygen atoms in total. The predicted molar refractivity (Wildman–Crippen MR) is 113 cm³/mol. The van der Waals surface area contributed by atoms with Crippen molar-refractivity contribution >= 4 is 40.6 Å². The minimum atomic E-state index is -0.293. The van der Waals surface area contributed by atoms with E-state index < -0.39 is 0 Å². The van der Waals surface area contributed by atoms with E-state index in [1.807, 2.05) is 20.2 Å². The molecule has 1 aliphatic heterocycles. The lowest BCUT2D eigenvalue weighted by molar-refractivity contribution is 0.246. The number of nitrogens with one attached hydrogen (secondary N) is 2. The van der Waals surface area contributed by atoms with Gasteiger partial charge in [0, 0.05) is 18.8 Å². The van der Waals surface area contributed by atoms with E-state index in [2.05, 4.69) is 38.6 Å². The van der Waals surface area contributed by atoms with Gasteiger partial charge in [0.25, 0.3) is 0 Å². The molecule has 2 N–H and O–H groups in total. The number of carbonyl (C=O) groups is 1. The van der Waals surface area contributed by atoms with Crippen LogP contribution in [0.1, 0.15) is 12.0 Å². The monoisotopic (exact) mass is 406 g/mol. The molecule has 7 heteroatoms. The zero-order valence-corrected chi connectivity index (χ0v) is 17.0. The number of fused-ring (bicyclic) bond motifs is 1. The fourth-order valence-electron chi connectivity index (χ4n) is 3.26. The maximum atomic E-state index is 12.6. The molecule has 0 spiro atoms. The van der Waals surface area contributed by atoms with Crippen LogP contribution in [0.5, 0.6) is 0 Å². The number of likely N-dealkylation sites (N-methyl/N-ethyl adjacent to an activating group) is 1. The normalized spacial score (nSPS) is 16.2. The van der Waals surface area contributed by atoms with Crippen molar-refractivity contribution in [2.45, 2.75) is 19.0 Å². The molecule has 2 amide bonds. The van der Waals surface area contributed by atoms with Gasteiger partial charge in [-0.15, -0.1) is 0 Å². The molecule has 0 aromatic heterocycles. The summed E-state index contributed by atoms with van der Waals surface area (Å²) in [7, 11) is 4.10. The third kappa shape index (κ3) is 4.86. The first-order valence-electron chi connectivity index (χ1n) is 8.96. The van der Waals surface area contributed by atoms with Crippen molar-refractivity contribution in [1.29, 1.82) is 0 Å². The molecule has 0 saturated carbocycles. The SMILES string of the molecule is CN(C)CCN1c2ccccc2CCC1NC(=O)Nc1cccc(Cl)c1Cl. The summed E-state index contributed by atoms with van der Waals surface area (Å²) < 4.78 is 0. The van der Waals surface area contributed by atoms with E-state index in [9.17, 15) is 4.79 Å². The number of hydrogen-bond donors (Lipinski definition) is 2. The first-order valence-corrected chi connectivity index (χ1v) is 9.72. The Morgan fingerprint density at radius 2 is 1.96 bits per heavy atom. The van der Waals surface area contributed by atoms with Gasteiger partial charge in [0.05, 0.1) is 15.7 Å². The van der Waals surface area contributed by atoms with E-state index in [1.54, 1.807) is 18.2 Å². The van der Waals surface area contributed by atoms with E-state index in [0.29, 0.717) is 15.7 Å². The van der Waals surface area contributed by atoms with Gasteiger partial charge in [-0.05, 0) is 50.7 Å². The molecule has 0 bridgehead atoms. The number of anilines is 2. The summed E-state index contributed by atoms with van der Waals surface area (Å²) in [5.74, 6) is 0. The first kappa shape index (κ1) is 19.8. The van der Waals surface area contributed by atoms with Crippen molar-refractivity contribution in [3.8, 4) is 0 Å². The Morgan fingerprint density at radius 1 is 1.19 bits per heavy atom. The highest BCUT2D eigenvalue weighted by atomic mass is 35.5. The lowest BCUT2D eigenvalue weighted by Gasteiger charge is -2.39. The van der Waals surface area contributed by atoms with Crippen molar-refractivity contribution < 1.29 is 4.79 Å². The van der Waals surface area contributed by atoms with E-state index in [1.165, 1.54) is 11.3 Å². The molecule has 0 radical (unpaired) electrons. The number of hydrogen-bond acceptors (Lipinski definition) is 3. The summed E-state index contributed by atoms with van der Waals surface area (Å²) >= 11 is 12.2. The molecule has 0 aliphatic carbocycles. The van der Waals surface area contributed by atoms with Gasteiger partial charge >= 0.3 is 6.03 Å². The third-order valence-corrected chi connectivity index (χ3v) is 5.47. The van der Waals surface area contributed by atoms with Crippen LogP contribution in [0.25, 0.3) is 0 Å². The molecule has 3 rings (SSSR count). The Hall–Kier alpha value is -1.95. The fourth-order valence-corrected chi connectivity index (χ4v) is 3.61. The van der Waals surface area contributed by atoms with Crippen molar-refractivity contribution in [2.75, 3.05) is 37.4 Å². The average molecular weight is 407 g/mol. The average Bonchev–Trinajstić information content (AvgIpc) is 2.64. The largest absolute Gasteiger partial charge is 0.350 e. The number of nitrogens with zero attached hydrogens (tertiary/aromatic N) is 2. The molecule has 1 atom stereocenters. The van der Waals surface area contributed by atoms with Crippen molar-refractivity contribution in [1.82, 2.24) is 10.2 Å². The van der Waals surface area contributed by atoms with Gasteiger partial charge in [-0.25, -0.2) is 4.79 Å². The molecule has 27 heavy (non-hydrogen) atoms. The number of aryl methyl sites for hydroxylation is 1. The molecule has 1 heterocycles. The summed E-state index contributed by atoms with van der Waals surface area (Å²) in [6.45, 7) is 1.72. The molecule has 2 aromatic carbocycles. The van der Waals surface area contributed by atoms with Crippen LogP contribution < -0.4 is 15.5 Å². The van der Waals surface area contributed by atoms with Crippen molar-refractivity contribution in [3.05, 3.63) is 58.1 Å². The lowest BCUT2D eigenvalue weighted by atomic mass is 9.99. The molecule has 1 aliphatic rings. The predicted octanol–water partition coefficient (Wildman–Crippen LogP) is 4.46. The van der Waals surface area contributed by atoms with Gasteiger partial charge in [0.2, 0.25) is 0 Å². The van der Waals surface area contributed by atoms with Gasteiger partial charge in [-0.2, -0.15) is 0 Å². The Kier molecular flexibility index (Phi) is 6.47. The molecule has 1 unspecified atom stereocenters. The summed E-state index contributed by atoms with van der Waals surface area (Å²) in [6, 6.07) is 13.2. The summed E-state index contributed by atoms with van der Waals surface area (Å²) in [6.07, 6.45) is 1.69. The first-order chi connectivity index (χ1) is 13.0. The minimum Gasteiger partial charge on any atom is -0.350 e. The van der Waals surface area contributed by atoms with Crippen molar-refractivity contribution in [2.24, 2.45) is 0 Å². The minimum absolute atomic E-state index is 0.0854. The third-order valence-electron chi connectivity index (χ3n) is 4.65. The van der Waals surface area contributed by atoms with E-state index in [4.69, 9.17) is 23.2 Å². The van der Waals surface area contributed by atoms with Gasteiger partial charge in [0.1, 0.15) is 6.17 Å². The van der Waals surface area contributed by atoms with Crippen LogP contribution in [0.3, 0.4) is 0 Å². The second-order valence-electron chi connectivity index (χ2n) is 6.88. The molecule has 0 fully saturated rings. The Balaban J connectivity index is 1.73. The lowest BCUT2D eigenvalue weighted by Crippen LogP contribution is -2.53. The smallest absolute Gasteiger partial charge is 0.320 e. The van der Waals surface area contributed by atoms with Gasteiger partial charge in [0.15, 0.2) is 0 Å². The number of amides is 2. The van der Waals surface area contributed by atoms with Crippen LogP contribution in [0.15, 0.2) is 42.5 Å². The number of rotatable bonds is 5. The standard InChI is InChI=1S/C20H24Cl2N4O/c1-25(2)12-13-26-17-9-4-3-6-14(17)10-11-18(26)24-20(27)23-16-8-5-7-15(21)19(16)22/h3-9,18H,10-13H2,1-2H3,(H2,23,24,27). The second kappa shape index (κ2) is 8.83. The van der Waals surface area contributed by atoms with Gasteiger partial charge in [-0.1, -0.05) is 47.5 Å². The maximum absolute atomic E-state index is 12.6. The van der Waals surface area contributed by atoms with E-state index >= 15 is 0 Å². The summed E-state index contributed by atoms with van der Waals surface area (Å²) in [5, 5.41) is 6.64. The Bertz CT molecular complexity index is 812. The van der Waals surface area contributed by atoms with E-state index in [-0.39, 0.29) is 12.2 Å². The highest BCUT2D eigenvalue weighted by Crippen LogP contribution is 2.31. The highest BCUT2D eigenvalue weighted by molar-refractivity contribution is 6.43. The van der Waals surface area contributed by atoms with Crippen LogP contribution in [-0.2, 0) is 6.42 Å². The van der Waals surface area contributed by atoms with Crippen LogP contribution in [0.2, 0.25) is 10.0 Å². The summed E-state index contributed by atoms with van der Waals surface area (Å²) in [5.41, 5.74) is 2.99. The maximum Gasteiger partial charge on any atom is 0.320 e. The zero-order chi connectivity index (χ0) is 19.4. The zero-order valence-electron chi connectivity index (χ0n) is 15.5.